The van der Waals surface area contributed by atoms with Gasteiger partial charge >= 0.3 is 5.97 Å². The maximum absolute atomic E-state index is 13.0. The van der Waals surface area contributed by atoms with Gasteiger partial charge < -0.3 is 15.8 Å². The maximum Gasteiger partial charge on any atom is 0.343 e. The highest BCUT2D eigenvalue weighted by atomic mass is 19.1. The Morgan fingerprint density at radius 1 is 1.55 bits per heavy atom. The Labute approximate surface area is 115 Å². The van der Waals surface area contributed by atoms with Crippen molar-refractivity contribution >= 4 is 23.2 Å². The van der Waals surface area contributed by atoms with Gasteiger partial charge in [-0.05, 0) is 25.1 Å². The van der Waals surface area contributed by atoms with Gasteiger partial charge in [0.2, 0.25) is 0 Å². The van der Waals surface area contributed by atoms with Gasteiger partial charge in [0.1, 0.15) is 11.4 Å². The van der Waals surface area contributed by atoms with Crippen molar-refractivity contribution in [1.82, 2.24) is 9.78 Å². The lowest BCUT2D eigenvalue weighted by Gasteiger charge is -2.08. The number of nitrogens with two attached hydrogens (primary N) is 1. The van der Waals surface area contributed by atoms with Crippen molar-refractivity contribution in [3.63, 3.8) is 0 Å². The van der Waals surface area contributed by atoms with Crippen LogP contribution in [0.1, 0.15) is 17.3 Å². The Balaban J connectivity index is 2.31. The van der Waals surface area contributed by atoms with Crippen LogP contribution in [-0.2, 0) is 11.8 Å². The molecular weight excluding hydrogens is 263 g/mol. The number of carbonyl (C=O) groups excluding carboxylic acids is 1. The third-order valence-electron chi connectivity index (χ3n) is 2.59. The topological polar surface area (TPSA) is 82.2 Å². The SMILES string of the molecule is CCOC(=O)c1cn(C)nc1Nc1ccc(F)cc1N. The Hall–Kier alpha value is -2.57. The molecule has 1 aromatic carbocycles. The van der Waals surface area contributed by atoms with E-state index in [1.54, 1.807) is 20.2 Å². The lowest BCUT2D eigenvalue weighted by molar-refractivity contribution is 0.0527. The van der Waals surface area contributed by atoms with Gasteiger partial charge in [-0.15, -0.1) is 0 Å². The summed E-state index contributed by atoms with van der Waals surface area (Å²) >= 11 is 0. The second-order valence-corrected chi connectivity index (χ2v) is 4.14. The fourth-order valence-electron chi connectivity index (χ4n) is 1.71. The van der Waals surface area contributed by atoms with Gasteiger partial charge in [-0.2, -0.15) is 5.10 Å². The summed E-state index contributed by atoms with van der Waals surface area (Å²) < 4.78 is 19.4. The molecule has 2 rings (SSSR count). The molecule has 6 nitrogen and oxygen atoms in total. The number of nitrogen functional groups attached to an aromatic ring is 1. The van der Waals surface area contributed by atoms with E-state index in [-0.39, 0.29) is 17.9 Å². The quantitative estimate of drug-likeness (QED) is 0.661. The minimum absolute atomic E-state index is 0.227. The lowest BCUT2D eigenvalue weighted by atomic mass is 10.2. The number of nitrogens with zero attached hydrogens (tertiary/aromatic N) is 2. The van der Waals surface area contributed by atoms with Gasteiger partial charge in [0, 0.05) is 13.2 Å². The van der Waals surface area contributed by atoms with Crippen molar-refractivity contribution in [2.75, 3.05) is 17.7 Å². The van der Waals surface area contributed by atoms with Crippen molar-refractivity contribution in [3.8, 4) is 0 Å². The molecule has 7 heteroatoms. The molecule has 0 amide bonds. The minimum atomic E-state index is -0.483. The zero-order valence-corrected chi connectivity index (χ0v) is 11.2. The molecule has 0 radical (unpaired) electrons. The Kier molecular flexibility index (Phi) is 3.88. The number of aryl methyl sites for hydroxylation is 1. The number of halogens is 1. The van der Waals surface area contributed by atoms with Crippen LogP contribution in [0.5, 0.6) is 0 Å². The van der Waals surface area contributed by atoms with Crippen LogP contribution in [0, 0.1) is 5.82 Å². The van der Waals surface area contributed by atoms with Crippen LogP contribution in [0.4, 0.5) is 21.6 Å². The number of hydrogen-bond acceptors (Lipinski definition) is 5. The van der Waals surface area contributed by atoms with E-state index in [2.05, 4.69) is 10.4 Å². The van der Waals surface area contributed by atoms with E-state index in [0.717, 1.165) is 0 Å². The fraction of sp³-hybridized carbons (Fsp3) is 0.231. The van der Waals surface area contributed by atoms with E-state index in [0.29, 0.717) is 11.5 Å². The van der Waals surface area contributed by atoms with Crippen molar-refractivity contribution in [1.29, 1.82) is 0 Å². The summed E-state index contributed by atoms with van der Waals surface area (Å²) in [6.45, 7) is 1.99. The number of hydrogen-bond donors (Lipinski definition) is 2. The summed E-state index contributed by atoms with van der Waals surface area (Å²) in [7, 11) is 1.68. The number of ether oxygens (including phenoxy) is 1. The van der Waals surface area contributed by atoms with Crippen molar-refractivity contribution in [2.45, 2.75) is 6.92 Å². The lowest BCUT2D eigenvalue weighted by Crippen LogP contribution is -2.07. The number of rotatable bonds is 4. The predicted molar refractivity (Wildman–Crippen MR) is 73.3 cm³/mol. The van der Waals surface area contributed by atoms with Crippen LogP contribution in [0.15, 0.2) is 24.4 Å². The second kappa shape index (κ2) is 5.60. The van der Waals surface area contributed by atoms with Gasteiger partial charge in [-0.1, -0.05) is 0 Å². The highest BCUT2D eigenvalue weighted by molar-refractivity contribution is 5.95. The third kappa shape index (κ3) is 2.87. The molecule has 0 aliphatic rings. The highest BCUT2D eigenvalue weighted by Gasteiger charge is 2.17. The normalized spacial score (nSPS) is 10.3. The molecule has 0 spiro atoms. The molecule has 106 valence electrons. The van der Waals surface area contributed by atoms with Gasteiger partial charge in [0.15, 0.2) is 5.82 Å². The van der Waals surface area contributed by atoms with E-state index in [1.165, 1.54) is 22.9 Å². The predicted octanol–water partition coefficient (Wildman–Crippen LogP) is 2.06. The summed E-state index contributed by atoms with van der Waals surface area (Å²) in [5, 5.41) is 7.03. The van der Waals surface area contributed by atoms with E-state index in [1.807, 2.05) is 0 Å². The maximum atomic E-state index is 13.0. The monoisotopic (exact) mass is 278 g/mol. The summed E-state index contributed by atoms with van der Waals surface area (Å²) in [6, 6.07) is 3.94. The zero-order valence-electron chi connectivity index (χ0n) is 11.2. The average Bonchev–Trinajstić information content (AvgIpc) is 2.74. The molecular formula is C13H15FN4O2. The van der Waals surface area contributed by atoms with Gasteiger partial charge in [0.25, 0.3) is 0 Å². The smallest absolute Gasteiger partial charge is 0.343 e. The standard InChI is InChI=1S/C13H15FN4O2/c1-3-20-13(19)9-7-18(2)17-12(9)16-11-5-4-8(14)6-10(11)15/h4-7H,3,15H2,1-2H3,(H,16,17). The molecule has 0 aliphatic carbocycles. The molecule has 0 aliphatic heterocycles. The van der Waals surface area contributed by atoms with E-state index in [9.17, 15) is 9.18 Å². The third-order valence-corrected chi connectivity index (χ3v) is 2.59. The van der Waals surface area contributed by atoms with Crippen LogP contribution >= 0.6 is 0 Å². The second-order valence-electron chi connectivity index (χ2n) is 4.14. The average molecular weight is 278 g/mol. The minimum Gasteiger partial charge on any atom is -0.462 e. The van der Waals surface area contributed by atoms with Crippen LogP contribution in [-0.4, -0.2) is 22.4 Å². The van der Waals surface area contributed by atoms with Gasteiger partial charge in [-0.25, -0.2) is 9.18 Å². The largest absolute Gasteiger partial charge is 0.462 e. The Bertz CT molecular complexity index is 639. The Morgan fingerprint density at radius 2 is 2.30 bits per heavy atom. The zero-order chi connectivity index (χ0) is 14.7. The summed E-state index contributed by atoms with van der Waals surface area (Å²) in [6.07, 6.45) is 1.54. The van der Waals surface area contributed by atoms with Crippen LogP contribution in [0.2, 0.25) is 0 Å². The molecule has 3 N–H and O–H groups in total. The number of nitrogens with one attached hydrogen (secondary N) is 1. The number of esters is 1. The number of aromatic nitrogens is 2. The number of anilines is 3. The molecule has 0 fully saturated rings. The van der Waals surface area contributed by atoms with Crippen molar-refractivity contribution < 1.29 is 13.9 Å². The molecule has 1 aromatic heterocycles. The first-order valence-electron chi connectivity index (χ1n) is 6.04. The first kappa shape index (κ1) is 13.9. The van der Waals surface area contributed by atoms with Gasteiger partial charge in [-0.3, -0.25) is 4.68 Å². The van der Waals surface area contributed by atoms with E-state index < -0.39 is 11.8 Å². The van der Waals surface area contributed by atoms with Crippen LogP contribution in [0.3, 0.4) is 0 Å². The molecule has 20 heavy (non-hydrogen) atoms. The summed E-state index contributed by atoms with van der Waals surface area (Å²) in [4.78, 5) is 11.8. The molecule has 0 saturated heterocycles. The van der Waals surface area contributed by atoms with Crippen molar-refractivity contribution in [3.05, 3.63) is 35.8 Å². The first-order valence-corrected chi connectivity index (χ1v) is 6.04. The van der Waals surface area contributed by atoms with Crippen LogP contribution in [0.25, 0.3) is 0 Å². The summed E-state index contributed by atoms with van der Waals surface area (Å²) in [5.74, 6) is -0.604. The molecule has 2 aromatic rings. The van der Waals surface area contributed by atoms with Crippen molar-refractivity contribution in [2.24, 2.45) is 7.05 Å². The number of carbonyl (C=O) groups is 1. The van der Waals surface area contributed by atoms with Gasteiger partial charge in [0.05, 0.1) is 18.0 Å². The Morgan fingerprint density at radius 3 is 2.95 bits per heavy atom. The van der Waals surface area contributed by atoms with E-state index >= 15 is 0 Å². The fourth-order valence-corrected chi connectivity index (χ4v) is 1.71. The summed E-state index contributed by atoms with van der Waals surface area (Å²) in [5.41, 5.74) is 6.69. The molecule has 1 heterocycles. The molecule has 0 atom stereocenters. The number of benzene rings is 1. The highest BCUT2D eigenvalue weighted by Crippen LogP contribution is 2.25. The van der Waals surface area contributed by atoms with Crippen LogP contribution < -0.4 is 11.1 Å². The molecule has 0 bridgehead atoms. The van der Waals surface area contributed by atoms with E-state index in [4.69, 9.17) is 10.5 Å². The molecule has 0 saturated carbocycles. The molecule has 0 unspecified atom stereocenters. The first-order chi connectivity index (χ1) is 9.51.